The SMILES string of the molecule is Fc1ccc(C2C3=C(COC=C3)Nc3cocc32)cc1Br. The zero-order valence-electron chi connectivity index (χ0n) is 10.9. The van der Waals surface area contributed by atoms with Crippen molar-refractivity contribution >= 4 is 21.6 Å². The first kappa shape index (κ1) is 12.7. The fourth-order valence-electron chi connectivity index (χ4n) is 2.83. The Morgan fingerprint density at radius 3 is 3.05 bits per heavy atom. The molecule has 0 spiro atoms. The Labute approximate surface area is 129 Å². The van der Waals surface area contributed by atoms with E-state index in [4.69, 9.17) is 9.15 Å². The first-order valence-electron chi connectivity index (χ1n) is 6.53. The molecule has 4 rings (SSSR count). The number of fused-ring (bicyclic) bond motifs is 1. The van der Waals surface area contributed by atoms with Crippen molar-refractivity contribution in [2.75, 3.05) is 11.9 Å². The van der Waals surface area contributed by atoms with Crippen LogP contribution in [-0.4, -0.2) is 6.61 Å². The summed E-state index contributed by atoms with van der Waals surface area (Å²) in [6.45, 7) is 0.495. The Kier molecular flexibility index (Phi) is 2.89. The predicted molar refractivity (Wildman–Crippen MR) is 80.4 cm³/mol. The molecule has 1 atom stereocenters. The van der Waals surface area contributed by atoms with Gasteiger partial charge in [-0.1, -0.05) is 6.07 Å². The number of benzene rings is 1. The number of anilines is 1. The van der Waals surface area contributed by atoms with E-state index in [-0.39, 0.29) is 11.7 Å². The molecule has 0 amide bonds. The standard InChI is InChI=1S/C16H11BrFNO2/c17-12-5-9(1-2-13(12)18)16-10-3-4-20-7-14(10)19-15-8-21-6-11(15)16/h1-6,8,16,19H,7H2. The molecule has 1 N–H and O–H groups in total. The molecule has 2 aromatic rings. The second-order valence-electron chi connectivity index (χ2n) is 5.02. The summed E-state index contributed by atoms with van der Waals surface area (Å²) in [4.78, 5) is 0. The summed E-state index contributed by atoms with van der Waals surface area (Å²) in [7, 11) is 0. The largest absolute Gasteiger partial charge is 0.495 e. The van der Waals surface area contributed by atoms with Crippen LogP contribution in [0.15, 0.2) is 63.2 Å². The van der Waals surface area contributed by atoms with Gasteiger partial charge in [-0.25, -0.2) is 4.39 Å². The van der Waals surface area contributed by atoms with E-state index in [1.165, 1.54) is 6.07 Å². The Morgan fingerprint density at radius 2 is 2.19 bits per heavy atom. The Hall–Kier alpha value is -2.01. The van der Waals surface area contributed by atoms with Crippen LogP contribution >= 0.6 is 15.9 Å². The summed E-state index contributed by atoms with van der Waals surface area (Å²) in [5.74, 6) is -0.260. The lowest BCUT2D eigenvalue weighted by Gasteiger charge is -2.30. The van der Waals surface area contributed by atoms with Gasteiger partial charge in [-0.2, -0.15) is 0 Å². The Bertz CT molecular complexity index is 778. The van der Waals surface area contributed by atoms with Gasteiger partial charge in [0.05, 0.1) is 28.4 Å². The van der Waals surface area contributed by atoms with Gasteiger partial charge in [-0.15, -0.1) is 0 Å². The number of hydrogen-bond acceptors (Lipinski definition) is 3. The van der Waals surface area contributed by atoms with Gasteiger partial charge in [-0.3, -0.25) is 0 Å². The highest BCUT2D eigenvalue weighted by atomic mass is 79.9. The van der Waals surface area contributed by atoms with Gasteiger partial charge < -0.3 is 14.5 Å². The first-order chi connectivity index (χ1) is 10.2. The van der Waals surface area contributed by atoms with Crippen molar-refractivity contribution in [1.82, 2.24) is 0 Å². The quantitative estimate of drug-likeness (QED) is 0.822. The van der Waals surface area contributed by atoms with E-state index in [9.17, 15) is 4.39 Å². The molecule has 0 fully saturated rings. The van der Waals surface area contributed by atoms with E-state index in [0.717, 1.165) is 28.1 Å². The normalized spacial score (nSPS) is 19.6. The maximum atomic E-state index is 13.5. The molecule has 21 heavy (non-hydrogen) atoms. The zero-order chi connectivity index (χ0) is 14.4. The predicted octanol–water partition coefficient (Wildman–Crippen LogP) is 4.54. The Morgan fingerprint density at radius 1 is 1.29 bits per heavy atom. The lowest BCUT2D eigenvalue weighted by Crippen LogP contribution is -2.21. The lowest BCUT2D eigenvalue weighted by atomic mass is 9.82. The van der Waals surface area contributed by atoms with E-state index >= 15 is 0 Å². The van der Waals surface area contributed by atoms with Crippen LogP contribution in [0, 0.1) is 5.82 Å². The molecule has 1 aromatic carbocycles. The molecule has 1 unspecified atom stereocenters. The maximum absolute atomic E-state index is 13.5. The number of hydrogen-bond donors (Lipinski definition) is 1. The van der Waals surface area contributed by atoms with E-state index < -0.39 is 0 Å². The average Bonchev–Trinajstić information content (AvgIpc) is 2.95. The number of ether oxygens (including phenoxy) is 1. The molecule has 2 aliphatic rings. The van der Waals surface area contributed by atoms with Crippen LogP contribution in [0.5, 0.6) is 0 Å². The molecule has 106 valence electrons. The zero-order valence-corrected chi connectivity index (χ0v) is 12.5. The van der Waals surface area contributed by atoms with Crippen LogP contribution in [0.3, 0.4) is 0 Å². The molecule has 0 saturated carbocycles. The van der Waals surface area contributed by atoms with Gasteiger partial charge in [0.25, 0.3) is 0 Å². The summed E-state index contributed by atoms with van der Waals surface area (Å²) in [6.07, 6.45) is 7.06. The van der Waals surface area contributed by atoms with Crippen molar-refractivity contribution in [2.45, 2.75) is 5.92 Å². The monoisotopic (exact) mass is 347 g/mol. The summed E-state index contributed by atoms with van der Waals surface area (Å²) >= 11 is 3.26. The number of rotatable bonds is 1. The fraction of sp³-hybridized carbons (Fsp3) is 0.125. The van der Waals surface area contributed by atoms with Crippen molar-refractivity contribution in [1.29, 1.82) is 0 Å². The average molecular weight is 348 g/mol. The molecular weight excluding hydrogens is 337 g/mol. The van der Waals surface area contributed by atoms with Crippen molar-refractivity contribution in [3.63, 3.8) is 0 Å². The second-order valence-corrected chi connectivity index (χ2v) is 5.87. The number of allylic oxidation sites excluding steroid dienone is 2. The third-order valence-corrected chi connectivity index (χ3v) is 4.40. The smallest absolute Gasteiger partial charge is 0.137 e. The lowest BCUT2D eigenvalue weighted by molar-refractivity contribution is 0.273. The minimum atomic E-state index is -0.267. The second kappa shape index (κ2) is 4.77. The van der Waals surface area contributed by atoms with Gasteiger partial charge in [0.15, 0.2) is 0 Å². The molecule has 0 aliphatic carbocycles. The van der Waals surface area contributed by atoms with Gasteiger partial charge in [0.2, 0.25) is 0 Å². The van der Waals surface area contributed by atoms with Gasteiger partial charge in [-0.05, 0) is 45.3 Å². The summed E-state index contributed by atoms with van der Waals surface area (Å²) in [6, 6.07) is 5.10. The van der Waals surface area contributed by atoms with Crippen molar-refractivity contribution in [2.24, 2.45) is 0 Å². The molecular formula is C16H11BrFNO2. The van der Waals surface area contributed by atoms with Crippen LogP contribution in [0.4, 0.5) is 10.1 Å². The van der Waals surface area contributed by atoms with Crippen LogP contribution in [0.25, 0.3) is 0 Å². The number of nitrogens with one attached hydrogen (secondary N) is 1. The highest BCUT2D eigenvalue weighted by molar-refractivity contribution is 9.10. The molecule has 0 bridgehead atoms. The molecule has 0 saturated heterocycles. The minimum Gasteiger partial charge on any atom is -0.495 e. The van der Waals surface area contributed by atoms with E-state index in [1.807, 2.05) is 12.1 Å². The molecule has 3 nitrogen and oxygen atoms in total. The van der Waals surface area contributed by atoms with Gasteiger partial charge >= 0.3 is 0 Å². The third kappa shape index (κ3) is 2.00. The summed E-state index contributed by atoms with van der Waals surface area (Å²) < 4.78 is 24.7. The number of furan rings is 1. The maximum Gasteiger partial charge on any atom is 0.137 e. The molecule has 1 aromatic heterocycles. The fourth-order valence-corrected chi connectivity index (χ4v) is 3.23. The first-order valence-corrected chi connectivity index (χ1v) is 7.32. The highest BCUT2D eigenvalue weighted by Gasteiger charge is 2.31. The highest BCUT2D eigenvalue weighted by Crippen LogP contribution is 2.44. The summed E-state index contributed by atoms with van der Waals surface area (Å²) in [5, 5.41) is 3.33. The molecule has 0 radical (unpaired) electrons. The molecule has 3 heterocycles. The van der Waals surface area contributed by atoms with Gasteiger partial charge in [0, 0.05) is 11.5 Å². The Balaban J connectivity index is 1.90. The van der Waals surface area contributed by atoms with E-state index in [0.29, 0.717) is 11.1 Å². The van der Waals surface area contributed by atoms with Crippen molar-refractivity contribution < 1.29 is 13.5 Å². The summed E-state index contributed by atoms with van der Waals surface area (Å²) in [5.41, 5.74) is 5.11. The minimum absolute atomic E-state index is 0.00653. The van der Waals surface area contributed by atoms with Crippen LogP contribution in [0.2, 0.25) is 0 Å². The van der Waals surface area contributed by atoms with Crippen molar-refractivity contribution in [3.05, 3.63) is 75.8 Å². The van der Waals surface area contributed by atoms with Crippen LogP contribution in [-0.2, 0) is 4.74 Å². The van der Waals surface area contributed by atoms with Gasteiger partial charge in [0.1, 0.15) is 18.7 Å². The van der Waals surface area contributed by atoms with E-state index in [2.05, 4.69) is 21.2 Å². The third-order valence-electron chi connectivity index (χ3n) is 3.80. The van der Waals surface area contributed by atoms with Crippen LogP contribution in [0.1, 0.15) is 17.0 Å². The number of halogens is 2. The van der Waals surface area contributed by atoms with E-state index in [1.54, 1.807) is 24.9 Å². The molecule has 5 heteroatoms. The van der Waals surface area contributed by atoms with Crippen molar-refractivity contribution in [3.8, 4) is 0 Å². The molecule has 2 aliphatic heterocycles. The topological polar surface area (TPSA) is 34.4 Å². The van der Waals surface area contributed by atoms with Crippen LogP contribution < -0.4 is 5.32 Å².